The number of nitrogens with zero attached hydrogens (tertiary/aromatic N) is 3. The van der Waals surface area contributed by atoms with Crippen molar-refractivity contribution >= 4 is 17.2 Å². The van der Waals surface area contributed by atoms with Gasteiger partial charge in [-0.2, -0.15) is 18.3 Å². The number of aryl methyl sites for hydroxylation is 1. The highest BCUT2D eigenvalue weighted by atomic mass is 19.4. The number of fused-ring (bicyclic) bond motifs is 1. The van der Waals surface area contributed by atoms with E-state index in [0.29, 0.717) is 16.6 Å². The SMILES string of the molecule is CCc1ccccc1NC(=O)c1cnn2c(C(F)(F)F)cc(-c3ccc(F)cc3)nc12. The number of alkyl halides is 3. The molecule has 9 heteroatoms. The van der Waals surface area contributed by atoms with Crippen molar-refractivity contribution in [2.45, 2.75) is 19.5 Å². The van der Waals surface area contributed by atoms with E-state index in [-0.39, 0.29) is 22.5 Å². The zero-order chi connectivity index (χ0) is 22.2. The minimum Gasteiger partial charge on any atom is -0.322 e. The lowest BCUT2D eigenvalue weighted by Crippen LogP contribution is -2.16. The van der Waals surface area contributed by atoms with Crippen LogP contribution in [0.1, 0.15) is 28.5 Å². The standard InChI is InChI=1S/C22H16F4N4O/c1-2-13-5-3-4-6-17(13)29-21(31)16-12-27-30-19(22(24,25)26)11-18(28-20(16)30)14-7-9-15(23)10-8-14/h3-12H,2H2,1H3,(H,29,31). The van der Waals surface area contributed by atoms with Crippen LogP contribution >= 0.6 is 0 Å². The summed E-state index contributed by atoms with van der Waals surface area (Å²) in [5, 5.41) is 6.47. The molecule has 0 spiro atoms. The summed E-state index contributed by atoms with van der Waals surface area (Å²) in [6.07, 6.45) is -3.03. The van der Waals surface area contributed by atoms with E-state index < -0.39 is 23.6 Å². The van der Waals surface area contributed by atoms with Gasteiger partial charge in [-0.05, 0) is 48.4 Å². The summed E-state index contributed by atoms with van der Waals surface area (Å²) in [5.41, 5.74) is 0.204. The average molecular weight is 428 g/mol. The second-order valence-electron chi connectivity index (χ2n) is 6.79. The molecule has 0 bridgehead atoms. The van der Waals surface area contributed by atoms with Gasteiger partial charge in [-0.15, -0.1) is 0 Å². The fourth-order valence-electron chi connectivity index (χ4n) is 3.23. The van der Waals surface area contributed by atoms with E-state index in [2.05, 4.69) is 15.4 Å². The van der Waals surface area contributed by atoms with Crippen molar-refractivity contribution in [3.05, 3.63) is 83.4 Å². The van der Waals surface area contributed by atoms with Crippen molar-refractivity contribution in [2.75, 3.05) is 5.32 Å². The zero-order valence-electron chi connectivity index (χ0n) is 16.2. The number of hydrogen-bond donors (Lipinski definition) is 1. The minimum atomic E-state index is -4.75. The van der Waals surface area contributed by atoms with Crippen molar-refractivity contribution in [3.63, 3.8) is 0 Å². The number of aromatic nitrogens is 3. The van der Waals surface area contributed by atoms with Crippen molar-refractivity contribution in [3.8, 4) is 11.3 Å². The Morgan fingerprint density at radius 2 is 1.81 bits per heavy atom. The number of anilines is 1. The summed E-state index contributed by atoms with van der Waals surface area (Å²) in [6, 6.07) is 12.8. The van der Waals surface area contributed by atoms with Crippen LogP contribution in [0.15, 0.2) is 60.8 Å². The molecule has 0 radical (unpaired) electrons. The number of carbonyl (C=O) groups is 1. The molecule has 2 aromatic carbocycles. The van der Waals surface area contributed by atoms with Crippen LogP contribution < -0.4 is 5.32 Å². The molecular weight excluding hydrogens is 412 g/mol. The van der Waals surface area contributed by atoms with E-state index >= 15 is 0 Å². The molecule has 4 aromatic rings. The summed E-state index contributed by atoms with van der Waals surface area (Å²) in [7, 11) is 0. The topological polar surface area (TPSA) is 59.3 Å². The number of halogens is 4. The van der Waals surface area contributed by atoms with E-state index in [9.17, 15) is 22.4 Å². The number of nitrogens with one attached hydrogen (secondary N) is 1. The Balaban J connectivity index is 1.84. The van der Waals surface area contributed by atoms with Crippen LogP contribution in [0.25, 0.3) is 16.9 Å². The van der Waals surface area contributed by atoms with E-state index in [0.717, 1.165) is 30.0 Å². The van der Waals surface area contributed by atoms with Gasteiger partial charge in [0.1, 0.15) is 11.4 Å². The van der Waals surface area contributed by atoms with Gasteiger partial charge in [0.25, 0.3) is 5.91 Å². The third kappa shape index (κ3) is 3.98. The Hall–Kier alpha value is -3.75. The number of rotatable bonds is 4. The lowest BCUT2D eigenvalue weighted by molar-refractivity contribution is -0.142. The highest BCUT2D eigenvalue weighted by Gasteiger charge is 2.36. The Morgan fingerprint density at radius 3 is 2.48 bits per heavy atom. The van der Waals surface area contributed by atoms with E-state index in [1.165, 1.54) is 12.1 Å². The fraction of sp³-hybridized carbons (Fsp3) is 0.136. The molecule has 1 amide bonds. The maximum absolute atomic E-state index is 13.7. The van der Waals surface area contributed by atoms with Crippen LogP contribution in [0.3, 0.4) is 0 Å². The van der Waals surface area contributed by atoms with Crippen molar-refractivity contribution in [1.82, 2.24) is 14.6 Å². The second-order valence-corrected chi connectivity index (χ2v) is 6.79. The summed E-state index contributed by atoms with van der Waals surface area (Å²) in [6.45, 7) is 1.92. The van der Waals surface area contributed by atoms with Crippen LogP contribution in [0.4, 0.5) is 23.2 Å². The smallest absolute Gasteiger partial charge is 0.322 e. The number of amides is 1. The van der Waals surface area contributed by atoms with Gasteiger partial charge in [-0.1, -0.05) is 25.1 Å². The first-order valence-corrected chi connectivity index (χ1v) is 9.39. The molecule has 0 unspecified atom stereocenters. The predicted octanol–water partition coefficient (Wildman–Crippen LogP) is 5.37. The van der Waals surface area contributed by atoms with Gasteiger partial charge in [0.2, 0.25) is 0 Å². The maximum atomic E-state index is 13.7. The van der Waals surface area contributed by atoms with Crippen LogP contribution in [-0.4, -0.2) is 20.5 Å². The molecule has 0 saturated carbocycles. The Morgan fingerprint density at radius 1 is 1.10 bits per heavy atom. The molecule has 2 heterocycles. The van der Waals surface area contributed by atoms with Gasteiger partial charge < -0.3 is 5.32 Å². The number of para-hydroxylation sites is 1. The molecular formula is C22H16F4N4O. The Bertz CT molecular complexity index is 1260. The van der Waals surface area contributed by atoms with Gasteiger partial charge in [0.15, 0.2) is 11.3 Å². The molecule has 1 N–H and O–H groups in total. The molecule has 0 aliphatic carbocycles. The number of benzene rings is 2. The fourth-order valence-corrected chi connectivity index (χ4v) is 3.23. The summed E-state index contributed by atoms with van der Waals surface area (Å²) in [5.74, 6) is -1.16. The first kappa shape index (κ1) is 20.5. The monoisotopic (exact) mass is 428 g/mol. The van der Waals surface area contributed by atoms with Gasteiger partial charge in [0, 0.05) is 11.3 Å². The molecule has 158 valence electrons. The predicted molar refractivity (Wildman–Crippen MR) is 107 cm³/mol. The molecule has 0 atom stereocenters. The minimum absolute atomic E-state index is 0.0525. The van der Waals surface area contributed by atoms with Gasteiger partial charge in [-0.25, -0.2) is 13.9 Å². The van der Waals surface area contributed by atoms with Crippen molar-refractivity contribution < 1.29 is 22.4 Å². The quantitative estimate of drug-likeness (QED) is 0.445. The second kappa shape index (κ2) is 7.82. The molecule has 0 fully saturated rings. The molecule has 2 aromatic heterocycles. The van der Waals surface area contributed by atoms with Crippen LogP contribution in [0, 0.1) is 5.82 Å². The highest BCUT2D eigenvalue weighted by molar-refractivity contribution is 6.08. The zero-order valence-corrected chi connectivity index (χ0v) is 16.2. The first-order valence-electron chi connectivity index (χ1n) is 9.39. The third-order valence-corrected chi connectivity index (χ3v) is 4.79. The molecule has 0 saturated heterocycles. The van der Waals surface area contributed by atoms with E-state index in [1.807, 2.05) is 19.1 Å². The van der Waals surface area contributed by atoms with Crippen LogP contribution in [-0.2, 0) is 12.6 Å². The van der Waals surface area contributed by atoms with Crippen molar-refractivity contribution in [2.24, 2.45) is 0 Å². The average Bonchev–Trinajstić information content (AvgIpc) is 3.17. The van der Waals surface area contributed by atoms with E-state index in [1.54, 1.807) is 12.1 Å². The highest BCUT2D eigenvalue weighted by Crippen LogP contribution is 2.33. The lowest BCUT2D eigenvalue weighted by atomic mass is 10.1. The van der Waals surface area contributed by atoms with Crippen LogP contribution in [0.2, 0.25) is 0 Å². The Kier molecular flexibility index (Phi) is 5.18. The maximum Gasteiger partial charge on any atom is 0.433 e. The number of hydrogen-bond acceptors (Lipinski definition) is 3. The Labute approximate surface area is 174 Å². The van der Waals surface area contributed by atoms with Crippen LogP contribution in [0.5, 0.6) is 0 Å². The molecule has 4 rings (SSSR count). The molecule has 0 aliphatic heterocycles. The van der Waals surface area contributed by atoms with Gasteiger partial charge >= 0.3 is 6.18 Å². The first-order chi connectivity index (χ1) is 14.8. The molecule has 5 nitrogen and oxygen atoms in total. The summed E-state index contributed by atoms with van der Waals surface area (Å²) < 4.78 is 54.9. The molecule has 31 heavy (non-hydrogen) atoms. The third-order valence-electron chi connectivity index (χ3n) is 4.79. The summed E-state index contributed by atoms with van der Waals surface area (Å²) >= 11 is 0. The van der Waals surface area contributed by atoms with Gasteiger partial charge in [0.05, 0.1) is 11.9 Å². The molecule has 0 aliphatic rings. The lowest BCUT2D eigenvalue weighted by Gasteiger charge is -2.12. The number of carbonyl (C=O) groups excluding carboxylic acids is 1. The normalized spacial score (nSPS) is 11.6. The summed E-state index contributed by atoms with van der Waals surface area (Å²) in [4.78, 5) is 17.1. The van der Waals surface area contributed by atoms with Crippen molar-refractivity contribution in [1.29, 1.82) is 0 Å². The van der Waals surface area contributed by atoms with Gasteiger partial charge in [-0.3, -0.25) is 4.79 Å². The largest absolute Gasteiger partial charge is 0.433 e. The van der Waals surface area contributed by atoms with E-state index in [4.69, 9.17) is 0 Å².